The van der Waals surface area contributed by atoms with Crippen LogP contribution in [0.4, 0.5) is 0 Å². The van der Waals surface area contributed by atoms with E-state index in [-0.39, 0.29) is 18.9 Å². The van der Waals surface area contributed by atoms with Crippen molar-refractivity contribution in [2.24, 2.45) is 0 Å². The molecule has 3 aliphatic rings. The number of aliphatic hydroxyl groups is 11. The Morgan fingerprint density at radius 2 is 0.841 bits per heavy atom. The molecule has 0 aliphatic carbocycles. The first-order valence-corrected chi connectivity index (χ1v) is 31.5. The molecule has 0 aromatic rings. The second-order valence-electron chi connectivity index (χ2n) is 22.5. The van der Waals surface area contributed by atoms with Crippen molar-refractivity contribution in [3.05, 3.63) is 60.8 Å². The number of unbranched alkanes of at least 4 members (excludes halogenated alkanes) is 22. The molecule has 3 saturated heterocycles. The fraction of sp³-hybridized carbons (Fsp3) is 0.825. The van der Waals surface area contributed by atoms with Crippen LogP contribution in [0.5, 0.6) is 0 Å². The van der Waals surface area contributed by atoms with Gasteiger partial charge in [0.1, 0.15) is 73.2 Å². The van der Waals surface area contributed by atoms with Crippen molar-refractivity contribution in [2.75, 3.05) is 26.4 Å². The van der Waals surface area contributed by atoms with Crippen LogP contribution >= 0.6 is 0 Å². The summed E-state index contributed by atoms with van der Waals surface area (Å²) in [6.07, 6.45) is 26.1. The van der Waals surface area contributed by atoms with E-state index >= 15 is 0 Å². The van der Waals surface area contributed by atoms with Gasteiger partial charge < -0.3 is 89.9 Å². The third kappa shape index (κ3) is 28.8. The van der Waals surface area contributed by atoms with Gasteiger partial charge >= 0.3 is 0 Å². The minimum atomic E-state index is -1.98. The molecule has 12 N–H and O–H groups in total. The Kier molecular flexibility index (Phi) is 41.2. The SMILES string of the molecule is CC/C=C\C/C=C\C/C=C\C/C=C\CCCCCCCCCCC(=O)NC(COC1OC(CO)C(OC2OC(CO)C(OC3OC(CO)C(O)C(O)C3O)C(O)C2O)C(O)C1O)C(O)/C=C/CCCCCCCCCCCCCCCC. The minimum absolute atomic E-state index is 0.231. The third-order valence-corrected chi connectivity index (χ3v) is 15.6. The molecule has 0 aromatic carbocycles. The molecular formula is C63H111NO18. The average Bonchev–Trinajstić information content (AvgIpc) is 3.40. The molecule has 0 radical (unpaired) electrons. The van der Waals surface area contributed by atoms with Crippen molar-refractivity contribution in [1.29, 1.82) is 0 Å². The lowest BCUT2D eigenvalue weighted by Crippen LogP contribution is -2.66. The molecule has 0 aromatic heterocycles. The van der Waals surface area contributed by atoms with Crippen molar-refractivity contribution in [3.63, 3.8) is 0 Å². The summed E-state index contributed by atoms with van der Waals surface area (Å²) >= 11 is 0. The van der Waals surface area contributed by atoms with Gasteiger partial charge in [-0.15, -0.1) is 0 Å². The lowest BCUT2D eigenvalue weighted by molar-refractivity contribution is -0.379. The number of carbonyl (C=O) groups excluding carboxylic acids is 1. The lowest BCUT2D eigenvalue weighted by Gasteiger charge is -2.48. The second kappa shape index (κ2) is 45.8. The van der Waals surface area contributed by atoms with E-state index in [4.69, 9.17) is 28.4 Å². The van der Waals surface area contributed by atoms with Gasteiger partial charge in [0.25, 0.3) is 0 Å². The summed E-state index contributed by atoms with van der Waals surface area (Å²) in [5.74, 6) is -0.286. The van der Waals surface area contributed by atoms with Gasteiger partial charge in [0, 0.05) is 6.42 Å². The summed E-state index contributed by atoms with van der Waals surface area (Å²) in [7, 11) is 0. The zero-order valence-electron chi connectivity index (χ0n) is 49.7. The molecule has 3 rings (SSSR count). The van der Waals surface area contributed by atoms with E-state index in [1.807, 2.05) is 6.08 Å². The summed E-state index contributed by atoms with van der Waals surface area (Å²) in [5, 5.41) is 120. The third-order valence-electron chi connectivity index (χ3n) is 15.6. The Balaban J connectivity index is 1.49. The monoisotopic (exact) mass is 1170 g/mol. The number of amides is 1. The summed E-state index contributed by atoms with van der Waals surface area (Å²) in [6.45, 7) is 1.60. The molecule has 19 nitrogen and oxygen atoms in total. The highest BCUT2D eigenvalue weighted by atomic mass is 16.8. The van der Waals surface area contributed by atoms with Crippen molar-refractivity contribution in [2.45, 2.75) is 304 Å². The van der Waals surface area contributed by atoms with E-state index in [9.17, 15) is 61.0 Å². The van der Waals surface area contributed by atoms with Gasteiger partial charge in [-0.3, -0.25) is 4.79 Å². The fourth-order valence-corrected chi connectivity index (χ4v) is 10.4. The smallest absolute Gasteiger partial charge is 0.220 e. The molecule has 19 heteroatoms. The van der Waals surface area contributed by atoms with Crippen molar-refractivity contribution in [1.82, 2.24) is 5.32 Å². The average molecular weight is 1170 g/mol. The highest BCUT2D eigenvalue weighted by Crippen LogP contribution is 2.33. The van der Waals surface area contributed by atoms with E-state index in [0.717, 1.165) is 83.5 Å². The first kappa shape index (κ1) is 73.7. The maximum atomic E-state index is 13.4. The Labute approximate surface area is 490 Å². The molecule has 476 valence electrons. The Morgan fingerprint density at radius 3 is 1.32 bits per heavy atom. The van der Waals surface area contributed by atoms with Crippen LogP contribution in [0.15, 0.2) is 60.8 Å². The van der Waals surface area contributed by atoms with Crippen molar-refractivity contribution < 1.29 is 89.4 Å². The summed E-state index contributed by atoms with van der Waals surface area (Å²) < 4.78 is 34.3. The number of allylic oxidation sites excluding steroid dienone is 9. The summed E-state index contributed by atoms with van der Waals surface area (Å²) in [5.41, 5.74) is 0. The van der Waals surface area contributed by atoms with E-state index < -0.39 is 124 Å². The maximum Gasteiger partial charge on any atom is 0.220 e. The maximum absolute atomic E-state index is 13.4. The predicted molar refractivity (Wildman–Crippen MR) is 314 cm³/mol. The topological polar surface area (TPSA) is 307 Å². The number of hydrogen-bond donors (Lipinski definition) is 12. The second-order valence-corrected chi connectivity index (χ2v) is 22.5. The van der Waals surface area contributed by atoms with Gasteiger partial charge in [-0.2, -0.15) is 0 Å². The van der Waals surface area contributed by atoms with Gasteiger partial charge in [0.2, 0.25) is 5.91 Å². The van der Waals surface area contributed by atoms with Crippen molar-refractivity contribution in [3.8, 4) is 0 Å². The molecule has 0 bridgehead atoms. The molecule has 3 heterocycles. The number of aliphatic hydroxyl groups excluding tert-OH is 11. The molecule has 0 saturated carbocycles. The standard InChI is InChI=1S/C63H111NO18/c1-3-5-7-9-11-13-15-17-19-21-22-23-24-25-27-29-31-33-35-37-39-41-51(69)64-46(47(68)40-38-36-34-32-30-28-26-20-18-16-14-12-10-8-6-4-2)45-77-61-57(75)54(72)59(49(43-66)79-61)82-63-58(76)55(73)60(50(44-67)80-63)81-62-56(74)53(71)52(70)48(42-65)78-62/h5,7,11,13,17,19,22-23,38,40,46-50,52-63,65-68,70-76H,3-4,6,8-10,12,14-16,18,20-21,24-37,39,41-45H2,1-2H3,(H,64,69)/b7-5-,13-11-,19-17-,23-22-,40-38+. The normalized spacial score (nSPS) is 30.0. The van der Waals surface area contributed by atoms with Crippen LogP contribution in [0.25, 0.3) is 0 Å². The van der Waals surface area contributed by atoms with Crippen LogP contribution in [0.1, 0.15) is 200 Å². The Bertz CT molecular complexity index is 1730. The van der Waals surface area contributed by atoms with Crippen LogP contribution in [-0.2, 0) is 33.2 Å². The highest BCUT2D eigenvalue weighted by Gasteiger charge is 2.53. The zero-order chi connectivity index (χ0) is 59.7. The van der Waals surface area contributed by atoms with Gasteiger partial charge in [-0.1, -0.05) is 197 Å². The molecular weight excluding hydrogens is 1060 g/mol. The molecule has 1 amide bonds. The fourth-order valence-electron chi connectivity index (χ4n) is 10.4. The summed E-state index contributed by atoms with van der Waals surface area (Å²) in [6, 6.07) is -0.980. The summed E-state index contributed by atoms with van der Waals surface area (Å²) in [4.78, 5) is 13.4. The molecule has 3 aliphatic heterocycles. The molecule has 82 heavy (non-hydrogen) atoms. The van der Waals surface area contributed by atoms with Crippen LogP contribution in [-0.4, -0.2) is 193 Å². The number of carbonyl (C=O) groups is 1. The first-order valence-electron chi connectivity index (χ1n) is 31.5. The highest BCUT2D eigenvalue weighted by molar-refractivity contribution is 5.76. The molecule has 0 spiro atoms. The predicted octanol–water partition coefficient (Wildman–Crippen LogP) is 6.43. The number of hydrogen-bond acceptors (Lipinski definition) is 18. The Hall–Kier alpha value is -2.51. The van der Waals surface area contributed by atoms with Gasteiger partial charge in [0.15, 0.2) is 18.9 Å². The minimum Gasteiger partial charge on any atom is -0.394 e. The van der Waals surface area contributed by atoms with E-state index in [0.29, 0.717) is 6.42 Å². The quantitative estimate of drug-likeness (QED) is 0.0231. The van der Waals surface area contributed by atoms with Gasteiger partial charge in [-0.25, -0.2) is 0 Å². The number of nitrogens with one attached hydrogen (secondary N) is 1. The zero-order valence-corrected chi connectivity index (χ0v) is 49.7. The largest absolute Gasteiger partial charge is 0.394 e. The van der Waals surface area contributed by atoms with E-state index in [1.54, 1.807) is 6.08 Å². The van der Waals surface area contributed by atoms with Crippen LogP contribution in [0, 0.1) is 0 Å². The van der Waals surface area contributed by atoms with Crippen LogP contribution in [0.3, 0.4) is 0 Å². The number of ether oxygens (including phenoxy) is 6. The van der Waals surface area contributed by atoms with Crippen molar-refractivity contribution >= 4 is 5.91 Å². The van der Waals surface area contributed by atoms with Crippen LogP contribution < -0.4 is 5.32 Å². The number of rotatable bonds is 46. The lowest BCUT2D eigenvalue weighted by atomic mass is 9.96. The molecule has 17 unspecified atom stereocenters. The van der Waals surface area contributed by atoms with Crippen LogP contribution in [0.2, 0.25) is 0 Å². The van der Waals surface area contributed by atoms with Gasteiger partial charge in [0.05, 0.1) is 38.6 Å². The van der Waals surface area contributed by atoms with E-state index in [1.165, 1.54) is 89.9 Å². The molecule has 3 fully saturated rings. The first-order chi connectivity index (χ1) is 39.8. The molecule has 17 atom stereocenters. The Morgan fingerprint density at radius 1 is 0.451 bits per heavy atom. The van der Waals surface area contributed by atoms with E-state index in [2.05, 4.69) is 67.8 Å². The van der Waals surface area contributed by atoms with Gasteiger partial charge in [-0.05, 0) is 57.8 Å².